The molecular formula is C11H20N6O2. The van der Waals surface area contributed by atoms with E-state index in [0.717, 1.165) is 13.0 Å². The van der Waals surface area contributed by atoms with Crippen LogP contribution in [-0.2, 0) is 4.79 Å². The number of amides is 1. The number of ether oxygens (including phenoxy) is 1. The van der Waals surface area contributed by atoms with Gasteiger partial charge in [-0.1, -0.05) is 6.92 Å². The van der Waals surface area contributed by atoms with Crippen LogP contribution in [0.2, 0.25) is 0 Å². The fraction of sp³-hybridized carbons (Fsp3) is 0.636. The highest BCUT2D eigenvalue weighted by Crippen LogP contribution is 2.13. The molecule has 0 bridgehead atoms. The molecule has 0 atom stereocenters. The summed E-state index contributed by atoms with van der Waals surface area (Å²) in [6.07, 6.45) is 0.947. The average Bonchev–Trinajstić information content (AvgIpc) is 2.35. The van der Waals surface area contributed by atoms with E-state index in [0.29, 0.717) is 18.5 Å². The average molecular weight is 268 g/mol. The van der Waals surface area contributed by atoms with Crippen LogP contribution in [0.3, 0.4) is 0 Å². The number of nitrogens with two attached hydrogens (primary N) is 1. The number of carbonyl (C=O) groups is 1. The van der Waals surface area contributed by atoms with Gasteiger partial charge in [0.05, 0.1) is 13.2 Å². The van der Waals surface area contributed by atoms with Crippen molar-refractivity contribution in [2.24, 2.45) is 5.73 Å². The SMILES string of the molecule is CCCNc1nc(OCC)nc(N(C)CC(N)=O)n1. The molecule has 0 unspecified atom stereocenters. The summed E-state index contributed by atoms with van der Waals surface area (Å²) in [5, 5.41) is 3.06. The Bertz CT molecular complexity index is 426. The van der Waals surface area contributed by atoms with Crippen LogP contribution in [0.1, 0.15) is 20.3 Å². The van der Waals surface area contributed by atoms with Gasteiger partial charge in [-0.05, 0) is 13.3 Å². The molecule has 1 aromatic heterocycles. The number of hydrogen-bond donors (Lipinski definition) is 2. The second-order valence-corrected chi connectivity index (χ2v) is 3.92. The summed E-state index contributed by atoms with van der Waals surface area (Å²) in [5.74, 6) is 0.311. The Morgan fingerprint density at radius 2 is 2.11 bits per heavy atom. The minimum atomic E-state index is -0.455. The fourth-order valence-corrected chi connectivity index (χ4v) is 1.33. The molecule has 0 saturated heterocycles. The smallest absolute Gasteiger partial charge is 0.323 e. The first-order valence-corrected chi connectivity index (χ1v) is 6.19. The van der Waals surface area contributed by atoms with Gasteiger partial charge in [0.1, 0.15) is 0 Å². The summed E-state index contributed by atoms with van der Waals surface area (Å²) in [4.78, 5) is 24.9. The van der Waals surface area contributed by atoms with Crippen LogP contribution < -0.4 is 20.7 Å². The van der Waals surface area contributed by atoms with Gasteiger partial charge in [-0.25, -0.2) is 0 Å². The molecule has 0 radical (unpaired) electrons. The highest BCUT2D eigenvalue weighted by Gasteiger charge is 2.12. The van der Waals surface area contributed by atoms with E-state index in [2.05, 4.69) is 20.3 Å². The standard InChI is InChI=1S/C11H20N6O2/c1-4-6-13-9-14-10(17(3)7-8(12)18)16-11(15-9)19-5-2/h4-7H2,1-3H3,(H2,12,18)(H,13,14,15,16). The Hall–Kier alpha value is -2.12. The maximum Gasteiger partial charge on any atom is 0.323 e. The van der Waals surface area contributed by atoms with E-state index in [-0.39, 0.29) is 12.6 Å². The predicted molar refractivity (Wildman–Crippen MR) is 72.2 cm³/mol. The first-order chi connectivity index (χ1) is 9.06. The second-order valence-electron chi connectivity index (χ2n) is 3.92. The molecule has 0 aliphatic carbocycles. The molecule has 8 nitrogen and oxygen atoms in total. The number of nitrogens with zero attached hydrogens (tertiary/aromatic N) is 4. The highest BCUT2D eigenvalue weighted by molar-refractivity contribution is 5.78. The van der Waals surface area contributed by atoms with E-state index in [1.807, 2.05) is 13.8 Å². The third kappa shape index (κ3) is 4.94. The molecule has 8 heteroatoms. The zero-order valence-corrected chi connectivity index (χ0v) is 11.5. The third-order valence-electron chi connectivity index (χ3n) is 2.14. The molecule has 0 aliphatic rings. The van der Waals surface area contributed by atoms with Crippen molar-refractivity contribution in [3.05, 3.63) is 0 Å². The van der Waals surface area contributed by atoms with Gasteiger partial charge in [-0.3, -0.25) is 4.79 Å². The van der Waals surface area contributed by atoms with Gasteiger partial charge < -0.3 is 20.7 Å². The van der Waals surface area contributed by atoms with Crippen LogP contribution in [0.25, 0.3) is 0 Å². The molecule has 0 aromatic carbocycles. The van der Waals surface area contributed by atoms with Crippen molar-refractivity contribution in [1.29, 1.82) is 0 Å². The van der Waals surface area contributed by atoms with Gasteiger partial charge in [0, 0.05) is 13.6 Å². The minimum absolute atomic E-state index is 0.0306. The first kappa shape index (κ1) is 14.9. The molecule has 0 spiro atoms. The molecule has 1 amide bonds. The second kappa shape index (κ2) is 7.34. The molecule has 3 N–H and O–H groups in total. The van der Waals surface area contributed by atoms with Crippen molar-refractivity contribution in [3.63, 3.8) is 0 Å². The van der Waals surface area contributed by atoms with Crippen LogP contribution in [0.15, 0.2) is 0 Å². The maximum absolute atomic E-state index is 10.9. The Morgan fingerprint density at radius 1 is 1.37 bits per heavy atom. The Balaban J connectivity index is 2.94. The van der Waals surface area contributed by atoms with E-state index < -0.39 is 5.91 Å². The van der Waals surface area contributed by atoms with Gasteiger partial charge in [0.2, 0.25) is 17.8 Å². The monoisotopic (exact) mass is 268 g/mol. The summed E-state index contributed by atoms with van der Waals surface area (Å²) in [7, 11) is 1.68. The molecule has 19 heavy (non-hydrogen) atoms. The van der Waals surface area contributed by atoms with Crippen molar-refractivity contribution in [2.45, 2.75) is 20.3 Å². The number of aromatic nitrogens is 3. The van der Waals surface area contributed by atoms with E-state index in [4.69, 9.17) is 10.5 Å². The number of rotatable bonds is 8. The summed E-state index contributed by atoms with van der Waals surface area (Å²) < 4.78 is 5.28. The number of carbonyl (C=O) groups excluding carboxylic acids is 1. The lowest BCUT2D eigenvalue weighted by atomic mass is 10.5. The van der Waals surface area contributed by atoms with Crippen molar-refractivity contribution in [1.82, 2.24) is 15.0 Å². The predicted octanol–water partition coefficient (Wildman–Crippen LogP) is 0.0137. The van der Waals surface area contributed by atoms with Crippen LogP contribution in [-0.4, -0.2) is 47.6 Å². The van der Waals surface area contributed by atoms with Crippen molar-refractivity contribution >= 4 is 17.8 Å². The highest BCUT2D eigenvalue weighted by atomic mass is 16.5. The number of anilines is 2. The molecule has 1 rings (SSSR count). The lowest BCUT2D eigenvalue weighted by Crippen LogP contribution is -2.32. The summed E-state index contributed by atoms with van der Waals surface area (Å²) >= 11 is 0. The topological polar surface area (TPSA) is 106 Å². The zero-order valence-electron chi connectivity index (χ0n) is 11.5. The molecule has 0 aliphatic heterocycles. The Kier molecular flexibility index (Phi) is 5.77. The number of likely N-dealkylation sites (N-methyl/N-ethyl adjacent to an activating group) is 1. The lowest BCUT2D eigenvalue weighted by molar-refractivity contribution is -0.116. The Morgan fingerprint density at radius 3 is 2.68 bits per heavy atom. The van der Waals surface area contributed by atoms with E-state index in [1.54, 1.807) is 11.9 Å². The molecule has 1 aromatic rings. The summed E-state index contributed by atoms with van der Waals surface area (Å²) in [6.45, 7) is 5.11. The van der Waals surface area contributed by atoms with Crippen molar-refractivity contribution in [3.8, 4) is 6.01 Å². The van der Waals surface area contributed by atoms with Crippen molar-refractivity contribution < 1.29 is 9.53 Å². The fourth-order valence-electron chi connectivity index (χ4n) is 1.33. The zero-order chi connectivity index (χ0) is 14.3. The third-order valence-corrected chi connectivity index (χ3v) is 2.14. The van der Waals surface area contributed by atoms with Gasteiger partial charge in [0.25, 0.3) is 0 Å². The molecular weight excluding hydrogens is 248 g/mol. The minimum Gasteiger partial charge on any atom is -0.464 e. The summed E-state index contributed by atoms with van der Waals surface area (Å²) in [5.41, 5.74) is 5.15. The number of hydrogen-bond acceptors (Lipinski definition) is 7. The van der Waals surface area contributed by atoms with E-state index in [1.165, 1.54) is 0 Å². The molecule has 0 fully saturated rings. The van der Waals surface area contributed by atoms with Gasteiger partial charge in [-0.2, -0.15) is 15.0 Å². The van der Waals surface area contributed by atoms with Gasteiger partial charge in [-0.15, -0.1) is 0 Å². The van der Waals surface area contributed by atoms with E-state index in [9.17, 15) is 4.79 Å². The molecule has 0 saturated carbocycles. The van der Waals surface area contributed by atoms with Crippen LogP contribution >= 0.6 is 0 Å². The largest absolute Gasteiger partial charge is 0.464 e. The van der Waals surface area contributed by atoms with Crippen LogP contribution in [0.4, 0.5) is 11.9 Å². The number of nitrogens with one attached hydrogen (secondary N) is 1. The van der Waals surface area contributed by atoms with Gasteiger partial charge >= 0.3 is 6.01 Å². The van der Waals surface area contributed by atoms with Crippen LogP contribution in [0.5, 0.6) is 6.01 Å². The quantitative estimate of drug-likeness (QED) is 0.684. The Labute approximate surface area is 112 Å². The summed E-state index contributed by atoms with van der Waals surface area (Å²) in [6, 6.07) is 0.224. The number of primary amides is 1. The lowest BCUT2D eigenvalue weighted by Gasteiger charge is -2.16. The molecule has 1 heterocycles. The normalized spacial score (nSPS) is 10.1. The first-order valence-electron chi connectivity index (χ1n) is 6.19. The molecule has 106 valence electrons. The maximum atomic E-state index is 10.9. The van der Waals surface area contributed by atoms with E-state index >= 15 is 0 Å². The van der Waals surface area contributed by atoms with Gasteiger partial charge in [0.15, 0.2) is 0 Å². The van der Waals surface area contributed by atoms with Crippen LogP contribution in [0, 0.1) is 0 Å². The van der Waals surface area contributed by atoms with Crippen molar-refractivity contribution in [2.75, 3.05) is 37.0 Å².